The molecule has 0 aliphatic rings. The van der Waals surface area contributed by atoms with E-state index in [2.05, 4.69) is 5.32 Å². The number of aliphatic carboxylic acids is 1. The standard InChI is InChI=1S/C14H17ClN2O5/c1-3-14(4-2,13(19)20)8-16-12(18)10-7-9(15)5-6-11(10)17(21)22/h5-7H,3-4,8H2,1-2H3,(H,16,18)(H,19,20). The molecular weight excluding hydrogens is 312 g/mol. The number of carboxylic acids is 1. The maximum Gasteiger partial charge on any atom is 0.311 e. The van der Waals surface area contributed by atoms with Crippen molar-refractivity contribution in [3.63, 3.8) is 0 Å². The van der Waals surface area contributed by atoms with Gasteiger partial charge in [0.25, 0.3) is 11.6 Å². The predicted octanol–water partition coefficient (Wildman–Crippen LogP) is 2.87. The van der Waals surface area contributed by atoms with Gasteiger partial charge in [-0.3, -0.25) is 19.7 Å². The molecule has 0 heterocycles. The average Bonchev–Trinajstić information content (AvgIpc) is 2.47. The zero-order valence-corrected chi connectivity index (χ0v) is 13.0. The monoisotopic (exact) mass is 328 g/mol. The van der Waals surface area contributed by atoms with Crippen LogP contribution >= 0.6 is 11.6 Å². The quantitative estimate of drug-likeness (QED) is 0.590. The van der Waals surface area contributed by atoms with Gasteiger partial charge in [0.2, 0.25) is 0 Å². The summed E-state index contributed by atoms with van der Waals surface area (Å²) >= 11 is 5.76. The van der Waals surface area contributed by atoms with Gasteiger partial charge >= 0.3 is 5.97 Å². The Labute approximate surface area is 132 Å². The minimum Gasteiger partial charge on any atom is -0.481 e. The van der Waals surface area contributed by atoms with Crippen molar-refractivity contribution in [2.24, 2.45) is 5.41 Å². The molecule has 0 unspecified atom stereocenters. The molecule has 0 bridgehead atoms. The molecule has 0 fully saturated rings. The Bertz CT molecular complexity index is 599. The van der Waals surface area contributed by atoms with Crippen LogP contribution in [0.2, 0.25) is 5.02 Å². The van der Waals surface area contributed by atoms with Crippen LogP contribution in [0.4, 0.5) is 5.69 Å². The summed E-state index contributed by atoms with van der Waals surface area (Å²) < 4.78 is 0. The van der Waals surface area contributed by atoms with Crippen molar-refractivity contribution in [1.29, 1.82) is 0 Å². The average molecular weight is 329 g/mol. The molecule has 1 amide bonds. The molecule has 0 aliphatic heterocycles. The molecule has 1 rings (SSSR count). The van der Waals surface area contributed by atoms with Crippen molar-refractivity contribution >= 4 is 29.2 Å². The number of hydrogen-bond acceptors (Lipinski definition) is 4. The molecule has 0 atom stereocenters. The Morgan fingerprint density at radius 2 is 1.95 bits per heavy atom. The van der Waals surface area contributed by atoms with Crippen molar-refractivity contribution < 1.29 is 19.6 Å². The van der Waals surface area contributed by atoms with Gasteiger partial charge in [0.1, 0.15) is 5.56 Å². The second-order valence-electron chi connectivity index (χ2n) is 4.89. The van der Waals surface area contributed by atoms with Crippen molar-refractivity contribution in [2.75, 3.05) is 6.54 Å². The third-order valence-corrected chi connectivity index (χ3v) is 4.03. The highest BCUT2D eigenvalue weighted by molar-refractivity contribution is 6.31. The molecule has 0 aromatic heterocycles. The van der Waals surface area contributed by atoms with Gasteiger partial charge in [0, 0.05) is 17.6 Å². The zero-order chi connectivity index (χ0) is 16.9. The van der Waals surface area contributed by atoms with Gasteiger partial charge in [-0.05, 0) is 25.0 Å². The summed E-state index contributed by atoms with van der Waals surface area (Å²) in [5.41, 5.74) is -1.66. The van der Waals surface area contributed by atoms with Crippen molar-refractivity contribution in [3.8, 4) is 0 Å². The number of carbonyl (C=O) groups is 2. The second-order valence-corrected chi connectivity index (χ2v) is 5.33. The fraction of sp³-hybridized carbons (Fsp3) is 0.429. The Morgan fingerprint density at radius 1 is 1.36 bits per heavy atom. The lowest BCUT2D eigenvalue weighted by Gasteiger charge is -2.26. The van der Waals surface area contributed by atoms with E-state index in [1.807, 2.05) is 0 Å². The molecule has 0 saturated carbocycles. The lowest BCUT2D eigenvalue weighted by atomic mass is 9.82. The summed E-state index contributed by atoms with van der Waals surface area (Å²) in [5.74, 6) is -1.74. The van der Waals surface area contributed by atoms with Crippen LogP contribution in [0, 0.1) is 15.5 Å². The number of nitro groups is 1. The SMILES string of the molecule is CCC(CC)(CNC(=O)c1cc(Cl)ccc1[N+](=O)[O-])C(=O)O. The number of rotatable bonds is 7. The highest BCUT2D eigenvalue weighted by Crippen LogP contribution is 2.27. The van der Waals surface area contributed by atoms with Crippen molar-refractivity contribution in [3.05, 3.63) is 38.9 Å². The first-order valence-corrected chi connectivity index (χ1v) is 7.10. The van der Waals surface area contributed by atoms with Crippen LogP contribution in [0.1, 0.15) is 37.0 Å². The van der Waals surface area contributed by atoms with Gasteiger partial charge in [0.05, 0.1) is 10.3 Å². The number of nitrogens with one attached hydrogen (secondary N) is 1. The van der Waals surface area contributed by atoms with Crippen LogP contribution < -0.4 is 5.32 Å². The first-order chi connectivity index (χ1) is 10.3. The first-order valence-electron chi connectivity index (χ1n) is 6.73. The minimum atomic E-state index is -1.09. The lowest BCUT2D eigenvalue weighted by Crippen LogP contribution is -2.42. The molecule has 0 radical (unpaired) electrons. The summed E-state index contributed by atoms with van der Waals surface area (Å²) in [6.07, 6.45) is 0.660. The van der Waals surface area contributed by atoms with Gasteiger partial charge in [-0.2, -0.15) is 0 Å². The molecule has 8 heteroatoms. The highest BCUT2D eigenvalue weighted by Gasteiger charge is 2.35. The van der Waals surface area contributed by atoms with E-state index in [4.69, 9.17) is 11.6 Å². The summed E-state index contributed by atoms with van der Waals surface area (Å²) in [4.78, 5) is 33.8. The lowest BCUT2D eigenvalue weighted by molar-refractivity contribution is -0.385. The zero-order valence-electron chi connectivity index (χ0n) is 12.3. The van der Waals surface area contributed by atoms with Crippen LogP contribution in [0.15, 0.2) is 18.2 Å². The fourth-order valence-corrected chi connectivity index (χ4v) is 2.24. The van der Waals surface area contributed by atoms with E-state index < -0.39 is 22.2 Å². The Kier molecular flexibility index (Phi) is 5.87. The molecule has 120 valence electrons. The number of nitrogens with zero attached hydrogens (tertiary/aromatic N) is 1. The molecule has 0 aliphatic carbocycles. The van der Waals surface area contributed by atoms with Gasteiger partial charge in [-0.15, -0.1) is 0 Å². The summed E-state index contributed by atoms with van der Waals surface area (Å²) in [6.45, 7) is 3.31. The molecule has 7 nitrogen and oxygen atoms in total. The first kappa shape index (κ1) is 17.9. The van der Waals surface area contributed by atoms with Crippen LogP contribution in [0.5, 0.6) is 0 Å². The third-order valence-electron chi connectivity index (χ3n) is 3.79. The van der Waals surface area contributed by atoms with Gasteiger partial charge < -0.3 is 10.4 Å². The molecule has 0 saturated heterocycles. The Balaban J connectivity index is 3.01. The van der Waals surface area contributed by atoms with Crippen LogP contribution in [-0.4, -0.2) is 28.5 Å². The second kappa shape index (κ2) is 7.22. The minimum absolute atomic E-state index is 0.113. The maximum atomic E-state index is 12.2. The maximum absolute atomic E-state index is 12.2. The van der Waals surface area contributed by atoms with E-state index in [9.17, 15) is 24.8 Å². The number of hydrogen-bond donors (Lipinski definition) is 2. The van der Waals surface area contributed by atoms with Gasteiger partial charge in [-0.25, -0.2) is 0 Å². The number of benzene rings is 1. The molecule has 2 N–H and O–H groups in total. The van der Waals surface area contributed by atoms with E-state index in [1.54, 1.807) is 13.8 Å². The number of amides is 1. The third kappa shape index (κ3) is 3.73. The number of carbonyl (C=O) groups excluding carboxylic acids is 1. The topological polar surface area (TPSA) is 110 Å². The fourth-order valence-electron chi connectivity index (χ4n) is 2.07. The normalized spacial score (nSPS) is 11.0. The van der Waals surface area contributed by atoms with Gasteiger partial charge in [0.15, 0.2) is 0 Å². The number of halogens is 1. The van der Waals surface area contributed by atoms with Crippen molar-refractivity contribution in [2.45, 2.75) is 26.7 Å². The molecule has 0 spiro atoms. The molecule has 22 heavy (non-hydrogen) atoms. The Hall–Kier alpha value is -2.15. The van der Waals surface area contributed by atoms with E-state index >= 15 is 0 Å². The van der Waals surface area contributed by atoms with Crippen LogP contribution in [0.25, 0.3) is 0 Å². The molecule has 1 aromatic rings. The van der Waals surface area contributed by atoms with E-state index in [0.29, 0.717) is 12.8 Å². The number of carboxylic acid groups (broad SMARTS) is 1. The van der Waals surface area contributed by atoms with E-state index in [-0.39, 0.29) is 22.8 Å². The van der Waals surface area contributed by atoms with Crippen molar-refractivity contribution in [1.82, 2.24) is 5.32 Å². The predicted molar refractivity (Wildman–Crippen MR) is 81.1 cm³/mol. The molecule has 1 aromatic carbocycles. The van der Waals surface area contributed by atoms with Gasteiger partial charge in [-0.1, -0.05) is 25.4 Å². The highest BCUT2D eigenvalue weighted by atomic mass is 35.5. The summed E-state index contributed by atoms with van der Waals surface area (Å²) in [7, 11) is 0. The molecular formula is C14H17ClN2O5. The largest absolute Gasteiger partial charge is 0.481 e. The summed E-state index contributed by atoms with van der Waals surface area (Å²) in [5, 5.41) is 22.9. The Morgan fingerprint density at radius 3 is 2.41 bits per heavy atom. The van der Waals surface area contributed by atoms with E-state index in [1.165, 1.54) is 12.1 Å². The number of nitro benzene ring substituents is 1. The van der Waals surface area contributed by atoms with Crippen LogP contribution in [-0.2, 0) is 4.79 Å². The summed E-state index contributed by atoms with van der Waals surface area (Å²) in [6, 6.07) is 3.65. The van der Waals surface area contributed by atoms with Crippen LogP contribution in [0.3, 0.4) is 0 Å². The smallest absolute Gasteiger partial charge is 0.311 e. The van der Waals surface area contributed by atoms with E-state index in [0.717, 1.165) is 6.07 Å².